The van der Waals surface area contributed by atoms with Crippen LogP contribution in [0.1, 0.15) is 0 Å². The third-order valence-electron chi connectivity index (χ3n) is 1.32. The fourth-order valence-electron chi connectivity index (χ4n) is 0.804. The van der Waals surface area contributed by atoms with E-state index >= 15 is 0 Å². The van der Waals surface area contributed by atoms with Crippen LogP contribution in [-0.2, 0) is 0 Å². The van der Waals surface area contributed by atoms with Gasteiger partial charge in [0.1, 0.15) is 12.0 Å². The Bertz CT molecular complexity index is 317. The SMILES string of the molecule is c1cc(-c2ccon2)cnn1. The predicted octanol–water partition coefficient (Wildman–Crippen LogP) is 1.13. The molecule has 2 heterocycles. The maximum absolute atomic E-state index is 4.67. The van der Waals surface area contributed by atoms with Crippen molar-refractivity contribution < 1.29 is 4.52 Å². The summed E-state index contributed by atoms with van der Waals surface area (Å²) in [4.78, 5) is 0. The van der Waals surface area contributed by atoms with Gasteiger partial charge in [-0.1, -0.05) is 5.16 Å². The minimum absolute atomic E-state index is 0.778. The van der Waals surface area contributed by atoms with Gasteiger partial charge in [-0.05, 0) is 6.07 Å². The molecule has 2 aromatic heterocycles. The Labute approximate surface area is 62.9 Å². The average molecular weight is 147 g/mol. The summed E-state index contributed by atoms with van der Waals surface area (Å²) in [6.07, 6.45) is 4.78. The van der Waals surface area contributed by atoms with E-state index in [0.29, 0.717) is 0 Å². The second kappa shape index (κ2) is 2.49. The van der Waals surface area contributed by atoms with Crippen LogP contribution in [0.3, 0.4) is 0 Å². The molecule has 0 N–H and O–H groups in total. The number of hydrogen-bond donors (Lipinski definition) is 0. The van der Waals surface area contributed by atoms with E-state index in [4.69, 9.17) is 0 Å². The first-order valence-electron chi connectivity index (χ1n) is 3.14. The molecular formula is C7H5N3O. The third-order valence-corrected chi connectivity index (χ3v) is 1.32. The van der Waals surface area contributed by atoms with Gasteiger partial charge >= 0.3 is 0 Å². The molecular weight excluding hydrogens is 142 g/mol. The Hall–Kier alpha value is -1.71. The van der Waals surface area contributed by atoms with Gasteiger partial charge in [0.2, 0.25) is 0 Å². The summed E-state index contributed by atoms with van der Waals surface area (Å²) in [7, 11) is 0. The van der Waals surface area contributed by atoms with E-state index in [0.717, 1.165) is 11.3 Å². The van der Waals surface area contributed by atoms with Gasteiger partial charge in [0.05, 0.1) is 12.4 Å². The summed E-state index contributed by atoms with van der Waals surface area (Å²) in [5.74, 6) is 0. The predicted molar refractivity (Wildman–Crippen MR) is 37.5 cm³/mol. The molecule has 0 spiro atoms. The van der Waals surface area contributed by atoms with Crippen LogP contribution < -0.4 is 0 Å². The molecule has 0 saturated heterocycles. The maximum atomic E-state index is 4.67. The van der Waals surface area contributed by atoms with Crippen LogP contribution >= 0.6 is 0 Å². The van der Waals surface area contributed by atoms with E-state index in [1.165, 1.54) is 6.26 Å². The van der Waals surface area contributed by atoms with Crippen LogP contribution in [-0.4, -0.2) is 15.4 Å². The second-order valence-electron chi connectivity index (χ2n) is 2.02. The molecule has 0 unspecified atom stereocenters. The first kappa shape index (κ1) is 6.03. The summed E-state index contributed by atoms with van der Waals surface area (Å²) in [5, 5.41) is 11.1. The van der Waals surface area contributed by atoms with Crippen molar-refractivity contribution in [3.05, 3.63) is 30.8 Å². The Morgan fingerprint density at radius 2 is 2.18 bits per heavy atom. The molecule has 11 heavy (non-hydrogen) atoms. The van der Waals surface area contributed by atoms with Crippen molar-refractivity contribution in [2.45, 2.75) is 0 Å². The van der Waals surface area contributed by atoms with Crippen molar-refractivity contribution in [1.82, 2.24) is 15.4 Å². The van der Waals surface area contributed by atoms with Gasteiger partial charge in [-0.2, -0.15) is 10.2 Å². The van der Waals surface area contributed by atoms with Crippen LogP contribution in [0.15, 0.2) is 35.3 Å². The highest BCUT2D eigenvalue weighted by Gasteiger charge is 1.98. The zero-order chi connectivity index (χ0) is 7.52. The van der Waals surface area contributed by atoms with E-state index in [9.17, 15) is 0 Å². The molecule has 0 saturated carbocycles. The Balaban J connectivity index is 2.46. The van der Waals surface area contributed by atoms with Crippen molar-refractivity contribution >= 4 is 0 Å². The van der Waals surface area contributed by atoms with Crippen molar-refractivity contribution in [3.63, 3.8) is 0 Å². The standard InChI is InChI=1S/C7H5N3O/c1-3-8-9-5-6(1)7-2-4-11-10-7/h1-5H. The first-order valence-corrected chi connectivity index (χ1v) is 3.14. The van der Waals surface area contributed by atoms with Crippen LogP contribution in [0.4, 0.5) is 0 Å². The molecule has 54 valence electrons. The highest BCUT2D eigenvalue weighted by atomic mass is 16.5. The lowest BCUT2D eigenvalue weighted by Gasteiger charge is -1.89. The lowest BCUT2D eigenvalue weighted by atomic mass is 10.2. The molecule has 0 aliphatic rings. The van der Waals surface area contributed by atoms with Crippen LogP contribution in [0.25, 0.3) is 11.3 Å². The second-order valence-corrected chi connectivity index (χ2v) is 2.02. The number of aromatic nitrogens is 3. The summed E-state index contributed by atoms with van der Waals surface area (Å²) in [6, 6.07) is 3.60. The van der Waals surface area contributed by atoms with Crippen LogP contribution in [0.5, 0.6) is 0 Å². The smallest absolute Gasteiger partial charge is 0.124 e. The topological polar surface area (TPSA) is 51.8 Å². The monoisotopic (exact) mass is 147 g/mol. The molecule has 0 atom stereocenters. The van der Waals surface area contributed by atoms with E-state index in [1.807, 2.05) is 6.07 Å². The molecule has 0 aromatic carbocycles. The van der Waals surface area contributed by atoms with Gasteiger partial charge in [0.15, 0.2) is 0 Å². The normalized spacial score (nSPS) is 9.82. The van der Waals surface area contributed by atoms with Gasteiger partial charge in [0, 0.05) is 11.6 Å². The third kappa shape index (κ3) is 1.10. The lowest BCUT2D eigenvalue weighted by molar-refractivity contribution is 0.422. The fourth-order valence-corrected chi connectivity index (χ4v) is 0.804. The molecule has 0 fully saturated rings. The highest BCUT2D eigenvalue weighted by Crippen LogP contribution is 2.13. The van der Waals surface area contributed by atoms with E-state index in [1.54, 1.807) is 18.5 Å². The minimum Gasteiger partial charge on any atom is -0.364 e. The van der Waals surface area contributed by atoms with Crippen molar-refractivity contribution in [2.24, 2.45) is 0 Å². The Kier molecular flexibility index (Phi) is 1.37. The molecule has 4 nitrogen and oxygen atoms in total. The van der Waals surface area contributed by atoms with E-state index in [2.05, 4.69) is 19.9 Å². The quantitative estimate of drug-likeness (QED) is 0.606. The van der Waals surface area contributed by atoms with Gasteiger partial charge in [-0.3, -0.25) is 0 Å². The minimum atomic E-state index is 0.778. The average Bonchev–Trinajstić information content (AvgIpc) is 2.58. The Morgan fingerprint density at radius 1 is 1.18 bits per heavy atom. The number of rotatable bonds is 1. The molecule has 4 heteroatoms. The number of nitrogens with zero attached hydrogens (tertiary/aromatic N) is 3. The molecule has 0 amide bonds. The summed E-state index contributed by atoms with van der Waals surface area (Å²) in [5.41, 5.74) is 1.69. The maximum Gasteiger partial charge on any atom is 0.124 e. The molecule has 0 bridgehead atoms. The summed E-state index contributed by atoms with van der Waals surface area (Å²) < 4.78 is 4.67. The summed E-state index contributed by atoms with van der Waals surface area (Å²) >= 11 is 0. The van der Waals surface area contributed by atoms with E-state index < -0.39 is 0 Å². The number of hydrogen-bond acceptors (Lipinski definition) is 4. The highest BCUT2D eigenvalue weighted by molar-refractivity contribution is 5.55. The first-order chi connectivity index (χ1) is 5.47. The summed E-state index contributed by atoms with van der Waals surface area (Å²) in [6.45, 7) is 0. The molecule has 2 aromatic rings. The van der Waals surface area contributed by atoms with Crippen LogP contribution in [0, 0.1) is 0 Å². The van der Waals surface area contributed by atoms with Gasteiger partial charge in [-0.15, -0.1) is 0 Å². The molecule has 2 rings (SSSR count). The lowest BCUT2D eigenvalue weighted by Crippen LogP contribution is -1.80. The van der Waals surface area contributed by atoms with Gasteiger partial charge < -0.3 is 4.52 Å². The molecule has 0 aliphatic carbocycles. The molecule has 0 radical (unpaired) electrons. The van der Waals surface area contributed by atoms with Crippen molar-refractivity contribution in [3.8, 4) is 11.3 Å². The van der Waals surface area contributed by atoms with Crippen LogP contribution in [0.2, 0.25) is 0 Å². The Morgan fingerprint density at radius 3 is 2.82 bits per heavy atom. The fraction of sp³-hybridized carbons (Fsp3) is 0. The van der Waals surface area contributed by atoms with Gasteiger partial charge in [0.25, 0.3) is 0 Å². The largest absolute Gasteiger partial charge is 0.364 e. The zero-order valence-corrected chi connectivity index (χ0v) is 5.64. The van der Waals surface area contributed by atoms with Crippen molar-refractivity contribution in [2.75, 3.05) is 0 Å². The zero-order valence-electron chi connectivity index (χ0n) is 5.64. The van der Waals surface area contributed by atoms with Crippen molar-refractivity contribution in [1.29, 1.82) is 0 Å². The van der Waals surface area contributed by atoms with Gasteiger partial charge in [-0.25, -0.2) is 0 Å². The molecule has 0 aliphatic heterocycles. The van der Waals surface area contributed by atoms with E-state index in [-0.39, 0.29) is 0 Å².